The standard InChI is InChI=1S/C48H35NO/c1-4-30-17-19-31(20-18-30)32-21-25-39-38(27-32)37-24-22-33(28-43(37)47(39,2)3)49-34-23-26-46-44(29-34)48(42-15-9-10-16-45(42)50-46)40-13-7-5-11-35(40)36-12-6-8-14-41(36)48/h4-29,49H,1H2,2-3H3. The smallest absolute Gasteiger partial charge is 0.132 e. The monoisotopic (exact) mass is 641 g/mol. The molecule has 7 aromatic carbocycles. The van der Waals surface area contributed by atoms with Gasteiger partial charge in [-0.05, 0) is 104 Å². The van der Waals surface area contributed by atoms with Crippen molar-refractivity contribution in [3.63, 3.8) is 0 Å². The van der Waals surface area contributed by atoms with E-state index in [-0.39, 0.29) is 5.41 Å². The van der Waals surface area contributed by atoms with Crippen molar-refractivity contribution in [1.82, 2.24) is 0 Å². The van der Waals surface area contributed by atoms with Crippen LogP contribution in [0, 0.1) is 0 Å². The van der Waals surface area contributed by atoms with Crippen LogP contribution in [0.1, 0.15) is 52.8 Å². The highest BCUT2D eigenvalue weighted by Gasteiger charge is 2.51. The highest BCUT2D eigenvalue weighted by atomic mass is 16.5. The van der Waals surface area contributed by atoms with Gasteiger partial charge in [0, 0.05) is 27.9 Å². The Labute approximate surface area is 293 Å². The minimum absolute atomic E-state index is 0.123. The molecule has 3 aliphatic rings. The number of ether oxygens (including phenoxy) is 1. The molecule has 238 valence electrons. The molecule has 50 heavy (non-hydrogen) atoms. The van der Waals surface area contributed by atoms with Gasteiger partial charge in [0.15, 0.2) is 0 Å². The second kappa shape index (κ2) is 10.4. The highest BCUT2D eigenvalue weighted by Crippen LogP contribution is 2.62. The average Bonchev–Trinajstić information content (AvgIpc) is 3.57. The van der Waals surface area contributed by atoms with Crippen LogP contribution in [-0.2, 0) is 10.8 Å². The van der Waals surface area contributed by atoms with Crippen LogP contribution >= 0.6 is 0 Å². The van der Waals surface area contributed by atoms with Gasteiger partial charge in [-0.25, -0.2) is 0 Å². The summed E-state index contributed by atoms with van der Waals surface area (Å²) in [7, 11) is 0. The van der Waals surface area contributed by atoms with Crippen LogP contribution in [-0.4, -0.2) is 0 Å². The number of hydrogen-bond acceptors (Lipinski definition) is 2. The van der Waals surface area contributed by atoms with Crippen LogP contribution in [0.2, 0.25) is 0 Å². The van der Waals surface area contributed by atoms with Crippen LogP contribution in [0.3, 0.4) is 0 Å². The Balaban J connectivity index is 1.07. The number of hydrogen-bond donors (Lipinski definition) is 1. The molecule has 1 N–H and O–H groups in total. The summed E-state index contributed by atoms with van der Waals surface area (Å²) in [5, 5.41) is 3.81. The van der Waals surface area contributed by atoms with Crippen molar-refractivity contribution in [2.45, 2.75) is 24.7 Å². The maximum Gasteiger partial charge on any atom is 0.132 e. The molecule has 0 radical (unpaired) electrons. The van der Waals surface area contributed by atoms with Gasteiger partial charge in [-0.15, -0.1) is 0 Å². The summed E-state index contributed by atoms with van der Waals surface area (Å²) < 4.78 is 6.64. The summed E-state index contributed by atoms with van der Waals surface area (Å²) in [5.41, 5.74) is 17.9. The number of nitrogens with one attached hydrogen (secondary N) is 1. The Kier molecular flexibility index (Phi) is 6.02. The summed E-state index contributed by atoms with van der Waals surface area (Å²) in [6.07, 6.45) is 1.89. The van der Waals surface area contributed by atoms with Crippen molar-refractivity contribution in [2.24, 2.45) is 0 Å². The minimum Gasteiger partial charge on any atom is -0.457 e. The SMILES string of the molecule is C=Cc1ccc(-c2ccc3c(c2)-c2ccc(Nc4ccc5c(c4)C4(c6ccccc6O5)c5ccccc5-c5ccccc54)cc2C3(C)C)cc1. The predicted octanol–water partition coefficient (Wildman–Crippen LogP) is 12.5. The summed E-state index contributed by atoms with van der Waals surface area (Å²) in [4.78, 5) is 0. The topological polar surface area (TPSA) is 21.3 Å². The molecular weight excluding hydrogens is 607 g/mol. The lowest BCUT2D eigenvalue weighted by molar-refractivity contribution is 0.436. The maximum absolute atomic E-state index is 6.64. The molecular formula is C48H35NO. The quantitative estimate of drug-likeness (QED) is 0.206. The number of para-hydroxylation sites is 1. The lowest BCUT2D eigenvalue weighted by Gasteiger charge is -2.39. The van der Waals surface area contributed by atoms with E-state index in [4.69, 9.17) is 4.74 Å². The predicted molar refractivity (Wildman–Crippen MR) is 207 cm³/mol. The summed E-state index contributed by atoms with van der Waals surface area (Å²) in [6, 6.07) is 55.3. The fourth-order valence-corrected chi connectivity index (χ4v) is 8.92. The first-order chi connectivity index (χ1) is 24.5. The third kappa shape index (κ3) is 3.90. The Morgan fingerprint density at radius 1 is 0.480 bits per heavy atom. The van der Waals surface area contributed by atoms with Gasteiger partial charge in [-0.3, -0.25) is 0 Å². The van der Waals surface area contributed by atoms with Crippen LogP contribution in [0.5, 0.6) is 11.5 Å². The van der Waals surface area contributed by atoms with Gasteiger partial charge < -0.3 is 10.1 Å². The third-order valence-electron chi connectivity index (χ3n) is 11.3. The van der Waals surface area contributed by atoms with Crippen molar-refractivity contribution >= 4 is 17.5 Å². The fourth-order valence-electron chi connectivity index (χ4n) is 8.92. The van der Waals surface area contributed by atoms with Crippen LogP contribution in [0.4, 0.5) is 11.4 Å². The molecule has 7 aromatic rings. The third-order valence-corrected chi connectivity index (χ3v) is 11.3. The van der Waals surface area contributed by atoms with Crippen molar-refractivity contribution in [3.05, 3.63) is 197 Å². The molecule has 0 unspecified atom stereocenters. The van der Waals surface area contributed by atoms with Crippen molar-refractivity contribution in [2.75, 3.05) is 5.32 Å². The first kappa shape index (κ1) is 28.9. The van der Waals surface area contributed by atoms with Gasteiger partial charge >= 0.3 is 0 Å². The molecule has 1 aliphatic heterocycles. The number of rotatable bonds is 4. The van der Waals surface area contributed by atoms with E-state index in [1.807, 2.05) is 6.08 Å². The van der Waals surface area contributed by atoms with E-state index in [1.165, 1.54) is 61.2 Å². The van der Waals surface area contributed by atoms with Crippen LogP contribution in [0.15, 0.2) is 158 Å². The van der Waals surface area contributed by atoms with E-state index in [0.717, 1.165) is 34.0 Å². The second-order valence-electron chi connectivity index (χ2n) is 14.2. The van der Waals surface area contributed by atoms with E-state index in [1.54, 1.807) is 0 Å². The Hall–Kier alpha value is -6.12. The van der Waals surface area contributed by atoms with E-state index in [0.29, 0.717) is 0 Å². The average molecular weight is 642 g/mol. The molecule has 0 amide bonds. The van der Waals surface area contributed by atoms with Crippen molar-refractivity contribution < 1.29 is 4.74 Å². The van der Waals surface area contributed by atoms with E-state index < -0.39 is 5.41 Å². The summed E-state index contributed by atoms with van der Waals surface area (Å²) in [5.74, 6) is 1.80. The van der Waals surface area contributed by atoms with Crippen LogP contribution < -0.4 is 10.1 Å². The molecule has 2 nitrogen and oxygen atoms in total. The highest BCUT2D eigenvalue weighted by molar-refractivity contribution is 5.90. The lowest BCUT2D eigenvalue weighted by atomic mass is 9.66. The lowest BCUT2D eigenvalue weighted by Crippen LogP contribution is -2.32. The molecule has 1 spiro atoms. The number of anilines is 2. The molecule has 1 heterocycles. The molecule has 10 rings (SSSR count). The second-order valence-corrected chi connectivity index (χ2v) is 14.2. The van der Waals surface area contributed by atoms with Gasteiger partial charge in [0.25, 0.3) is 0 Å². The molecule has 0 saturated heterocycles. The van der Waals surface area contributed by atoms with E-state index in [2.05, 4.69) is 177 Å². The maximum atomic E-state index is 6.64. The van der Waals surface area contributed by atoms with E-state index >= 15 is 0 Å². The van der Waals surface area contributed by atoms with Gasteiger partial charge in [0.05, 0.1) is 5.41 Å². The normalized spacial score (nSPS) is 14.8. The molecule has 0 fully saturated rings. The van der Waals surface area contributed by atoms with E-state index in [9.17, 15) is 0 Å². The summed E-state index contributed by atoms with van der Waals surface area (Å²) >= 11 is 0. The van der Waals surface area contributed by atoms with Crippen LogP contribution in [0.25, 0.3) is 39.5 Å². The zero-order chi connectivity index (χ0) is 33.6. The van der Waals surface area contributed by atoms with Gasteiger partial charge in [-0.1, -0.05) is 136 Å². The number of benzene rings is 7. The van der Waals surface area contributed by atoms with Gasteiger partial charge in [0.1, 0.15) is 11.5 Å². The van der Waals surface area contributed by atoms with Crippen molar-refractivity contribution in [1.29, 1.82) is 0 Å². The molecule has 2 heteroatoms. The first-order valence-corrected chi connectivity index (χ1v) is 17.4. The fraction of sp³-hybridized carbons (Fsp3) is 0.0833. The molecule has 0 aromatic heterocycles. The minimum atomic E-state index is -0.486. The van der Waals surface area contributed by atoms with Crippen molar-refractivity contribution in [3.8, 4) is 44.9 Å². The summed E-state index contributed by atoms with van der Waals surface area (Å²) in [6.45, 7) is 8.58. The Morgan fingerprint density at radius 2 is 1.06 bits per heavy atom. The zero-order valence-electron chi connectivity index (χ0n) is 28.1. The molecule has 2 aliphatic carbocycles. The molecule has 0 bridgehead atoms. The molecule has 0 atom stereocenters. The molecule has 0 saturated carbocycles. The Bertz CT molecular complexity index is 2490. The van der Waals surface area contributed by atoms with Gasteiger partial charge in [0.2, 0.25) is 0 Å². The first-order valence-electron chi connectivity index (χ1n) is 17.4. The van der Waals surface area contributed by atoms with Gasteiger partial charge in [-0.2, -0.15) is 0 Å². The Morgan fingerprint density at radius 3 is 1.78 bits per heavy atom. The zero-order valence-corrected chi connectivity index (χ0v) is 28.1. The largest absolute Gasteiger partial charge is 0.457 e. The number of fused-ring (bicyclic) bond motifs is 12.